The number of ether oxygens (including phenoxy) is 3. The summed E-state index contributed by atoms with van der Waals surface area (Å²) < 4.78 is 17.5. The van der Waals surface area contributed by atoms with Gasteiger partial charge in [-0.05, 0) is 61.9 Å². The Balaban J connectivity index is 1.56. The summed E-state index contributed by atoms with van der Waals surface area (Å²) >= 11 is 0. The fraction of sp³-hybridized carbons (Fsp3) is 0.464. The van der Waals surface area contributed by atoms with Crippen molar-refractivity contribution < 1.29 is 19.0 Å². The van der Waals surface area contributed by atoms with Crippen LogP contribution < -0.4 is 21.0 Å². The molecule has 1 aliphatic heterocycles. The van der Waals surface area contributed by atoms with Gasteiger partial charge in [0.25, 0.3) is 0 Å². The Morgan fingerprint density at radius 3 is 2.68 bits per heavy atom. The van der Waals surface area contributed by atoms with Crippen LogP contribution in [-0.4, -0.2) is 42.4 Å². The van der Waals surface area contributed by atoms with Crippen molar-refractivity contribution in [1.82, 2.24) is 4.98 Å². The van der Waals surface area contributed by atoms with Crippen LogP contribution in [0.25, 0.3) is 11.6 Å². The van der Waals surface area contributed by atoms with E-state index < -0.39 is 11.2 Å². The minimum atomic E-state index is -0.583. The molecule has 1 aromatic carbocycles. The summed E-state index contributed by atoms with van der Waals surface area (Å²) in [5.41, 5.74) is 10.2. The number of allylic oxidation sites excluding steroid dienone is 1. The molecule has 1 aromatic heterocycles. The first-order valence-electron chi connectivity index (χ1n) is 12.1. The molecular formula is C28H34N2O4. The number of hydrogen-bond donors (Lipinski definition) is 2. The van der Waals surface area contributed by atoms with Gasteiger partial charge in [0.2, 0.25) is 0 Å². The summed E-state index contributed by atoms with van der Waals surface area (Å²) in [5.74, 6) is 0.649. The second-order valence-electron chi connectivity index (χ2n) is 10.5. The summed E-state index contributed by atoms with van der Waals surface area (Å²) in [6.45, 7) is 13.4. The lowest BCUT2D eigenvalue weighted by molar-refractivity contribution is -0.141. The molecule has 3 N–H and O–H groups in total. The quantitative estimate of drug-likeness (QED) is 0.689. The summed E-state index contributed by atoms with van der Waals surface area (Å²) in [7, 11) is 0. The van der Waals surface area contributed by atoms with Gasteiger partial charge in [-0.3, -0.25) is 4.79 Å². The Hall–Kier alpha value is -2.67. The van der Waals surface area contributed by atoms with Gasteiger partial charge in [-0.15, -0.1) is 0 Å². The minimum Gasteiger partial charge on any atom is -0.491 e. The zero-order valence-corrected chi connectivity index (χ0v) is 20.5. The van der Waals surface area contributed by atoms with Crippen LogP contribution in [-0.2, 0) is 14.9 Å². The van der Waals surface area contributed by atoms with Crippen molar-refractivity contribution in [2.24, 2.45) is 11.7 Å². The third-order valence-corrected chi connectivity index (χ3v) is 7.20. The van der Waals surface area contributed by atoms with Gasteiger partial charge in [0, 0.05) is 33.8 Å². The number of carbonyl (C=O) groups excluding carboxylic acids is 1. The molecule has 0 amide bonds. The van der Waals surface area contributed by atoms with E-state index in [4.69, 9.17) is 19.9 Å². The predicted octanol–water partition coefficient (Wildman–Crippen LogP) is 2.90. The lowest BCUT2D eigenvalue weighted by Gasteiger charge is -2.32. The number of H-pyrrole nitrogens is 1. The molecule has 2 aliphatic carbocycles. The van der Waals surface area contributed by atoms with Gasteiger partial charge in [-0.25, -0.2) is 0 Å². The van der Waals surface area contributed by atoms with Crippen molar-refractivity contribution in [1.29, 1.82) is 0 Å². The molecule has 0 radical (unpaired) electrons. The lowest BCUT2D eigenvalue weighted by atomic mass is 9.71. The Morgan fingerprint density at radius 1 is 1.29 bits per heavy atom. The Labute approximate surface area is 200 Å². The number of nitrogens with two attached hydrogens (primary N) is 1. The highest BCUT2D eigenvalue weighted by molar-refractivity contribution is 6.13. The molecule has 0 bridgehead atoms. The number of nitrogens with one attached hydrogen (secondary N) is 1. The van der Waals surface area contributed by atoms with Gasteiger partial charge in [-0.1, -0.05) is 32.6 Å². The minimum absolute atomic E-state index is 0.0212. The molecule has 2 fully saturated rings. The smallest absolute Gasteiger partial charge is 0.195 e. The largest absolute Gasteiger partial charge is 0.491 e. The van der Waals surface area contributed by atoms with Crippen molar-refractivity contribution >= 4 is 17.4 Å². The maximum absolute atomic E-state index is 13.8. The Bertz CT molecular complexity index is 1280. The molecule has 0 spiro atoms. The maximum Gasteiger partial charge on any atom is 0.195 e. The summed E-state index contributed by atoms with van der Waals surface area (Å²) in [4.78, 5) is 17.4. The maximum atomic E-state index is 13.8. The van der Waals surface area contributed by atoms with Crippen LogP contribution in [0.5, 0.6) is 5.75 Å². The summed E-state index contributed by atoms with van der Waals surface area (Å²) in [6, 6.07) is 5.74. The topological polar surface area (TPSA) is 86.6 Å². The molecule has 6 heteroatoms. The normalized spacial score (nSPS) is 24.0. The highest BCUT2D eigenvalue weighted by Crippen LogP contribution is 2.41. The average molecular weight is 463 g/mol. The van der Waals surface area contributed by atoms with Crippen LogP contribution in [0.1, 0.15) is 67.7 Å². The Kier molecular flexibility index (Phi) is 5.58. The van der Waals surface area contributed by atoms with E-state index in [-0.39, 0.29) is 11.9 Å². The summed E-state index contributed by atoms with van der Waals surface area (Å²) in [6.07, 6.45) is 5.85. The fourth-order valence-corrected chi connectivity index (χ4v) is 5.29. The van der Waals surface area contributed by atoms with Crippen LogP contribution in [0, 0.1) is 5.92 Å². The highest BCUT2D eigenvalue weighted by atomic mass is 16.7. The van der Waals surface area contributed by atoms with E-state index in [0.29, 0.717) is 37.0 Å². The molecule has 5 rings (SSSR count). The first-order chi connectivity index (χ1) is 16.2. The molecule has 3 aliphatic rings. The van der Waals surface area contributed by atoms with Gasteiger partial charge in [0.1, 0.15) is 18.5 Å². The number of aromatic nitrogens is 1. The second kappa shape index (κ2) is 8.22. The molecule has 34 heavy (non-hydrogen) atoms. The van der Waals surface area contributed by atoms with E-state index >= 15 is 0 Å². The number of carbonyl (C=O) groups is 1. The number of fused-ring (bicyclic) bond motifs is 2. The van der Waals surface area contributed by atoms with E-state index in [1.807, 2.05) is 38.1 Å². The standard InChI is InChI=1S/C28H34N2O4/c1-6-7-20-23-25(31)19-11-10-17(32-14-18-15-33-28(4,5)34-18)12-22(19)27(2,3)26(23)30-24(20)21(13-29)16-8-9-16/h6-7,10-12,16,18,30H,1,8-9,13-15,29H2,2-5H3/b20-7-,24-21-/t18-/m0/s1. The first kappa shape index (κ1) is 23.1. The molecule has 1 saturated carbocycles. The number of benzene rings is 1. The molecule has 1 atom stereocenters. The van der Waals surface area contributed by atoms with E-state index in [1.165, 1.54) is 5.57 Å². The number of rotatable bonds is 6. The number of hydrogen-bond acceptors (Lipinski definition) is 5. The third-order valence-electron chi connectivity index (χ3n) is 7.20. The van der Waals surface area contributed by atoms with Gasteiger partial charge in [-0.2, -0.15) is 0 Å². The van der Waals surface area contributed by atoms with Crippen molar-refractivity contribution in [3.05, 3.63) is 63.8 Å². The van der Waals surface area contributed by atoms with Crippen molar-refractivity contribution in [3.63, 3.8) is 0 Å². The molecular weight excluding hydrogens is 428 g/mol. The zero-order chi connectivity index (χ0) is 24.3. The van der Waals surface area contributed by atoms with E-state index in [1.54, 1.807) is 6.08 Å². The fourth-order valence-electron chi connectivity index (χ4n) is 5.29. The van der Waals surface area contributed by atoms with Crippen molar-refractivity contribution in [2.45, 2.75) is 57.8 Å². The number of aromatic amines is 1. The molecule has 2 heterocycles. The second-order valence-corrected chi connectivity index (χ2v) is 10.5. The molecule has 1 saturated heterocycles. The van der Waals surface area contributed by atoms with E-state index in [2.05, 4.69) is 25.4 Å². The lowest BCUT2D eigenvalue weighted by Crippen LogP contribution is -2.34. The van der Waals surface area contributed by atoms with Crippen LogP contribution >= 0.6 is 0 Å². The number of ketones is 1. The van der Waals surface area contributed by atoms with Gasteiger partial charge >= 0.3 is 0 Å². The third kappa shape index (κ3) is 3.84. The van der Waals surface area contributed by atoms with Crippen LogP contribution in [0.15, 0.2) is 30.9 Å². The van der Waals surface area contributed by atoms with Crippen LogP contribution in [0.3, 0.4) is 0 Å². The van der Waals surface area contributed by atoms with Crippen LogP contribution in [0.4, 0.5) is 0 Å². The molecule has 6 nitrogen and oxygen atoms in total. The van der Waals surface area contributed by atoms with E-state index in [9.17, 15) is 4.79 Å². The molecule has 180 valence electrons. The summed E-state index contributed by atoms with van der Waals surface area (Å²) in [5, 5.41) is 1.89. The highest BCUT2D eigenvalue weighted by Gasteiger charge is 2.40. The SMILES string of the molecule is C=C/C=c1/c2c([nH]/c1=C(/CN)C1CC1)C(C)(C)c1cc(OC[C@H]3COC(C)(C)O3)ccc1C2=O. The van der Waals surface area contributed by atoms with Crippen molar-refractivity contribution in [2.75, 3.05) is 19.8 Å². The molecule has 2 aromatic rings. The predicted molar refractivity (Wildman–Crippen MR) is 132 cm³/mol. The first-order valence-corrected chi connectivity index (χ1v) is 12.1. The van der Waals surface area contributed by atoms with Gasteiger partial charge < -0.3 is 24.9 Å². The average Bonchev–Trinajstić information content (AvgIpc) is 3.47. The zero-order valence-electron chi connectivity index (χ0n) is 20.5. The monoisotopic (exact) mass is 462 g/mol. The Morgan fingerprint density at radius 2 is 2.06 bits per heavy atom. The van der Waals surface area contributed by atoms with Gasteiger partial charge in [0.05, 0.1) is 12.2 Å². The van der Waals surface area contributed by atoms with Crippen molar-refractivity contribution in [3.8, 4) is 5.75 Å². The molecule has 0 unspecified atom stereocenters. The van der Waals surface area contributed by atoms with Gasteiger partial charge in [0.15, 0.2) is 11.6 Å². The van der Waals surface area contributed by atoms with E-state index in [0.717, 1.165) is 40.2 Å². The van der Waals surface area contributed by atoms with Crippen LogP contribution in [0.2, 0.25) is 0 Å².